The molecule has 1 amide bonds. The summed E-state index contributed by atoms with van der Waals surface area (Å²) in [6.07, 6.45) is 3.00. The molecule has 3 heterocycles. The van der Waals surface area contributed by atoms with E-state index in [0.717, 1.165) is 18.4 Å². The molecule has 0 atom stereocenters. The lowest BCUT2D eigenvalue weighted by Crippen LogP contribution is -2.36. The van der Waals surface area contributed by atoms with Gasteiger partial charge in [0, 0.05) is 23.7 Å². The molecule has 0 bridgehead atoms. The number of nitrogens with zero attached hydrogens (tertiary/aromatic N) is 2. The number of aromatic nitrogens is 1. The first-order chi connectivity index (χ1) is 17.0. The topological polar surface area (TPSA) is 81.9 Å². The minimum Gasteiger partial charge on any atom is -0.483 e. The van der Waals surface area contributed by atoms with E-state index in [1.807, 2.05) is 12.1 Å². The van der Waals surface area contributed by atoms with Gasteiger partial charge in [-0.1, -0.05) is 12.1 Å². The largest absolute Gasteiger partial charge is 0.483 e. The number of hydrogen-bond donors (Lipinski definition) is 0. The number of amides is 1. The van der Waals surface area contributed by atoms with Crippen molar-refractivity contribution in [3.8, 4) is 5.75 Å². The van der Waals surface area contributed by atoms with Gasteiger partial charge in [-0.3, -0.25) is 9.78 Å². The lowest BCUT2D eigenvalue weighted by molar-refractivity contribution is 0.0595. The first kappa shape index (κ1) is 22.6. The van der Waals surface area contributed by atoms with Crippen molar-refractivity contribution in [1.29, 1.82) is 0 Å². The van der Waals surface area contributed by atoms with Crippen molar-refractivity contribution in [3.63, 3.8) is 0 Å². The number of anilines is 1. The molecule has 5 rings (SSSR count). The van der Waals surface area contributed by atoms with Crippen LogP contribution in [0.1, 0.15) is 44.2 Å². The molecule has 4 aromatic rings. The number of carbonyl (C=O) groups excluding carboxylic acids is 2. The second-order valence-electron chi connectivity index (χ2n) is 8.33. The number of para-hydroxylation sites is 1. The predicted octanol–water partition coefficient (Wildman–Crippen LogP) is 5.23. The zero-order valence-electron chi connectivity index (χ0n) is 19.3. The number of hydrogen-bond acceptors (Lipinski definition) is 6. The van der Waals surface area contributed by atoms with E-state index in [0.29, 0.717) is 45.9 Å². The second kappa shape index (κ2) is 9.21. The van der Waals surface area contributed by atoms with Crippen LogP contribution in [-0.4, -0.2) is 30.5 Å². The van der Waals surface area contributed by atoms with E-state index in [4.69, 9.17) is 13.9 Å². The van der Waals surface area contributed by atoms with Gasteiger partial charge in [0.1, 0.15) is 23.7 Å². The Morgan fingerprint density at radius 3 is 2.83 bits per heavy atom. The Labute approximate surface area is 201 Å². The summed E-state index contributed by atoms with van der Waals surface area (Å²) in [5, 5.41) is 0.589. The van der Waals surface area contributed by atoms with E-state index in [2.05, 4.69) is 4.98 Å². The lowest BCUT2D eigenvalue weighted by atomic mass is 9.99. The molecule has 2 aromatic carbocycles. The molecule has 0 unspecified atom stereocenters. The third kappa shape index (κ3) is 4.23. The smallest absolute Gasteiger partial charge is 0.341 e. The highest BCUT2D eigenvalue weighted by atomic mass is 19.1. The molecule has 178 valence electrons. The minimum atomic E-state index is -0.513. The molecule has 0 fully saturated rings. The van der Waals surface area contributed by atoms with Crippen molar-refractivity contribution < 1.29 is 27.9 Å². The molecule has 35 heavy (non-hydrogen) atoms. The van der Waals surface area contributed by atoms with Crippen LogP contribution in [-0.2, 0) is 17.8 Å². The number of aryl methyl sites for hydroxylation is 2. The highest BCUT2D eigenvalue weighted by molar-refractivity contribution is 6.14. The summed E-state index contributed by atoms with van der Waals surface area (Å²) in [5.74, 6) is -0.292. The number of carbonyl (C=O) groups is 2. The maximum absolute atomic E-state index is 13.9. The van der Waals surface area contributed by atoms with Gasteiger partial charge < -0.3 is 18.8 Å². The second-order valence-corrected chi connectivity index (χ2v) is 8.33. The van der Waals surface area contributed by atoms with Gasteiger partial charge in [-0.2, -0.15) is 0 Å². The van der Waals surface area contributed by atoms with Gasteiger partial charge in [-0.05, 0) is 55.7 Å². The molecule has 8 heteroatoms. The molecule has 0 radical (unpaired) electrons. The van der Waals surface area contributed by atoms with Gasteiger partial charge in [0.05, 0.1) is 30.1 Å². The van der Waals surface area contributed by atoms with Crippen LogP contribution in [0, 0.1) is 12.7 Å². The summed E-state index contributed by atoms with van der Waals surface area (Å²) in [6.45, 7) is 2.28. The van der Waals surface area contributed by atoms with Gasteiger partial charge in [0.15, 0.2) is 5.76 Å². The van der Waals surface area contributed by atoms with E-state index < -0.39 is 11.8 Å². The van der Waals surface area contributed by atoms with Crippen molar-refractivity contribution in [2.75, 3.05) is 18.6 Å². The first-order valence-corrected chi connectivity index (χ1v) is 11.2. The zero-order chi connectivity index (χ0) is 24.5. The summed E-state index contributed by atoms with van der Waals surface area (Å²) < 4.78 is 30.1. The van der Waals surface area contributed by atoms with Crippen LogP contribution in [0.25, 0.3) is 10.9 Å². The number of benzene rings is 2. The Morgan fingerprint density at radius 2 is 2.00 bits per heavy atom. The van der Waals surface area contributed by atoms with Crippen molar-refractivity contribution in [2.24, 2.45) is 0 Å². The maximum Gasteiger partial charge on any atom is 0.341 e. The third-order valence-corrected chi connectivity index (χ3v) is 6.07. The standard InChI is InChI=1S/C27H23FN2O5/c1-16-13-21(19-9-8-18(28)14-22(19)29-16)26(31)30-11-4-6-17-5-3-7-23(25(17)30)35-15-24-20(10-12-34-24)27(32)33-2/h3,5,7-10,12-14H,4,6,11,15H2,1-2H3. The predicted molar refractivity (Wildman–Crippen MR) is 127 cm³/mol. The van der Waals surface area contributed by atoms with Gasteiger partial charge in [-0.25, -0.2) is 9.18 Å². The fraction of sp³-hybridized carbons (Fsp3) is 0.222. The average Bonchev–Trinajstić information content (AvgIpc) is 3.34. The fourth-order valence-corrected chi connectivity index (χ4v) is 4.48. The Kier molecular flexibility index (Phi) is 5.94. The molecule has 0 spiro atoms. The minimum absolute atomic E-state index is 0.00745. The van der Waals surface area contributed by atoms with Crippen LogP contribution in [0.3, 0.4) is 0 Å². The lowest BCUT2D eigenvalue weighted by Gasteiger charge is -2.31. The number of ether oxygens (including phenoxy) is 2. The van der Waals surface area contributed by atoms with E-state index in [1.165, 1.54) is 31.6 Å². The van der Waals surface area contributed by atoms with Crippen LogP contribution in [0.4, 0.5) is 10.1 Å². The number of rotatable bonds is 5. The van der Waals surface area contributed by atoms with E-state index in [-0.39, 0.29) is 18.1 Å². The van der Waals surface area contributed by atoms with Crippen molar-refractivity contribution in [3.05, 3.63) is 88.8 Å². The summed E-state index contributed by atoms with van der Waals surface area (Å²) in [6, 6.07) is 13.1. The molecule has 1 aliphatic rings. The SMILES string of the molecule is COC(=O)c1ccoc1COc1cccc2c1N(C(=O)c1cc(C)nc3cc(F)ccc13)CCC2. The van der Waals surface area contributed by atoms with Gasteiger partial charge in [0.25, 0.3) is 5.91 Å². The Morgan fingerprint density at radius 1 is 1.14 bits per heavy atom. The van der Waals surface area contributed by atoms with Gasteiger partial charge in [-0.15, -0.1) is 0 Å². The Balaban J connectivity index is 1.51. The van der Waals surface area contributed by atoms with Crippen LogP contribution >= 0.6 is 0 Å². The zero-order valence-corrected chi connectivity index (χ0v) is 19.3. The number of fused-ring (bicyclic) bond motifs is 2. The molecule has 0 saturated heterocycles. The molecular weight excluding hydrogens is 451 g/mol. The molecule has 0 aliphatic carbocycles. The number of pyridine rings is 1. The molecular formula is C27H23FN2O5. The summed E-state index contributed by atoms with van der Waals surface area (Å²) >= 11 is 0. The summed E-state index contributed by atoms with van der Waals surface area (Å²) in [4.78, 5) is 31.9. The van der Waals surface area contributed by atoms with E-state index >= 15 is 0 Å². The summed E-state index contributed by atoms with van der Waals surface area (Å²) in [7, 11) is 1.30. The number of furan rings is 1. The highest BCUT2D eigenvalue weighted by Crippen LogP contribution is 2.38. The number of halogens is 1. The van der Waals surface area contributed by atoms with E-state index in [9.17, 15) is 14.0 Å². The molecule has 1 aliphatic heterocycles. The first-order valence-electron chi connectivity index (χ1n) is 11.2. The number of esters is 1. The van der Waals surface area contributed by atoms with Crippen LogP contribution in [0.2, 0.25) is 0 Å². The van der Waals surface area contributed by atoms with Gasteiger partial charge >= 0.3 is 5.97 Å². The van der Waals surface area contributed by atoms with Gasteiger partial charge in [0.2, 0.25) is 0 Å². The summed E-state index contributed by atoms with van der Waals surface area (Å²) in [5.41, 5.74) is 3.46. The fourth-order valence-electron chi connectivity index (χ4n) is 4.48. The molecule has 0 N–H and O–H groups in total. The van der Waals surface area contributed by atoms with Crippen LogP contribution in [0.5, 0.6) is 5.75 Å². The Bertz CT molecular complexity index is 1440. The van der Waals surface area contributed by atoms with Crippen LogP contribution in [0.15, 0.2) is 59.2 Å². The van der Waals surface area contributed by atoms with E-state index in [1.54, 1.807) is 30.0 Å². The number of methoxy groups -OCH3 is 1. The van der Waals surface area contributed by atoms with Crippen molar-refractivity contribution >= 4 is 28.5 Å². The monoisotopic (exact) mass is 474 g/mol. The Hall–Kier alpha value is -4.20. The molecule has 0 saturated carbocycles. The average molecular weight is 474 g/mol. The molecule has 2 aromatic heterocycles. The highest BCUT2D eigenvalue weighted by Gasteiger charge is 2.29. The van der Waals surface area contributed by atoms with Crippen molar-refractivity contribution in [2.45, 2.75) is 26.4 Å². The van der Waals surface area contributed by atoms with Crippen molar-refractivity contribution in [1.82, 2.24) is 4.98 Å². The van der Waals surface area contributed by atoms with Crippen LogP contribution < -0.4 is 9.64 Å². The maximum atomic E-state index is 13.9. The normalized spacial score (nSPS) is 12.9. The molecule has 7 nitrogen and oxygen atoms in total. The third-order valence-electron chi connectivity index (χ3n) is 6.07. The quantitative estimate of drug-likeness (QED) is 0.368.